The standard InChI is InChI=1S/C15H32O/c1-6-7-10-14(16)11-8-9-13(2)12-15(3,4)5/h13-14,16H,6-12H2,1-5H3. The van der Waals surface area contributed by atoms with E-state index in [-0.39, 0.29) is 6.10 Å². The lowest BCUT2D eigenvalue weighted by atomic mass is 9.83. The second kappa shape index (κ2) is 8.11. The van der Waals surface area contributed by atoms with Gasteiger partial charge in [-0.25, -0.2) is 0 Å². The largest absolute Gasteiger partial charge is 0.393 e. The summed E-state index contributed by atoms with van der Waals surface area (Å²) >= 11 is 0. The molecule has 0 rings (SSSR count). The number of rotatable bonds is 8. The van der Waals surface area contributed by atoms with Crippen LogP contribution in [0.5, 0.6) is 0 Å². The average molecular weight is 228 g/mol. The molecule has 0 fully saturated rings. The Morgan fingerprint density at radius 3 is 2.06 bits per heavy atom. The van der Waals surface area contributed by atoms with Crippen molar-refractivity contribution in [2.24, 2.45) is 11.3 Å². The molecule has 0 saturated heterocycles. The molecular weight excluding hydrogens is 196 g/mol. The zero-order chi connectivity index (χ0) is 12.6. The second-order valence-corrected chi connectivity index (χ2v) is 6.60. The van der Waals surface area contributed by atoms with Crippen molar-refractivity contribution in [3.05, 3.63) is 0 Å². The van der Waals surface area contributed by atoms with E-state index in [1.54, 1.807) is 0 Å². The highest BCUT2D eigenvalue weighted by Crippen LogP contribution is 2.27. The fourth-order valence-corrected chi connectivity index (χ4v) is 2.43. The van der Waals surface area contributed by atoms with E-state index < -0.39 is 0 Å². The van der Waals surface area contributed by atoms with Gasteiger partial charge >= 0.3 is 0 Å². The molecule has 16 heavy (non-hydrogen) atoms. The van der Waals surface area contributed by atoms with Crippen LogP contribution in [0.25, 0.3) is 0 Å². The SMILES string of the molecule is CCCCC(O)CCCC(C)CC(C)(C)C. The number of hydrogen-bond donors (Lipinski definition) is 1. The molecule has 0 aliphatic carbocycles. The minimum absolute atomic E-state index is 0.0539. The van der Waals surface area contributed by atoms with Gasteiger partial charge in [0.15, 0.2) is 0 Å². The van der Waals surface area contributed by atoms with E-state index in [1.165, 1.54) is 32.1 Å². The summed E-state index contributed by atoms with van der Waals surface area (Å²) in [5, 5.41) is 9.73. The molecule has 98 valence electrons. The number of aliphatic hydroxyl groups is 1. The van der Waals surface area contributed by atoms with Gasteiger partial charge < -0.3 is 5.11 Å². The van der Waals surface area contributed by atoms with E-state index in [1.807, 2.05) is 0 Å². The van der Waals surface area contributed by atoms with Crippen molar-refractivity contribution in [1.82, 2.24) is 0 Å². The summed E-state index contributed by atoms with van der Waals surface area (Å²) in [7, 11) is 0. The lowest BCUT2D eigenvalue weighted by Gasteiger charge is -2.23. The van der Waals surface area contributed by atoms with Crippen molar-refractivity contribution in [2.75, 3.05) is 0 Å². The van der Waals surface area contributed by atoms with Gasteiger partial charge in [0.1, 0.15) is 0 Å². The third-order valence-corrected chi connectivity index (χ3v) is 3.09. The van der Waals surface area contributed by atoms with Crippen molar-refractivity contribution < 1.29 is 5.11 Å². The van der Waals surface area contributed by atoms with Crippen molar-refractivity contribution >= 4 is 0 Å². The lowest BCUT2D eigenvalue weighted by Crippen LogP contribution is -2.12. The van der Waals surface area contributed by atoms with Crippen LogP contribution in [0, 0.1) is 11.3 Å². The Morgan fingerprint density at radius 1 is 1.00 bits per heavy atom. The minimum atomic E-state index is -0.0539. The van der Waals surface area contributed by atoms with Crippen LogP contribution in [0.15, 0.2) is 0 Å². The fraction of sp³-hybridized carbons (Fsp3) is 1.00. The molecule has 0 saturated carbocycles. The highest BCUT2D eigenvalue weighted by atomic mass is 16.3. The summed E-state index contributed by atoms with van der Waals surface area (Å²) in [5.41, 5.74) is 0.445. The Morgan fingerprint density at radius 2 is 1.56 bits per heavy atom. The van der Waals surface area contributed by atoms with Gasteiger partial charge in [0.2, 0.25) is 0 Å². The molecular formula is C15H32O. The summed E-state index contributed by atoms with van der Waals surface area (Å²) in [6.07, 6.45) is 8.02. The normalized spacial score (nSPS) is 16.1. The molecule has 0 aromatic rings. The molecule has 2 unspecified atom stereocenters. The molecule has 1 N–H and O–H groups in total. The van der Waals surface area contributed by atoms with Gasteiger partial charge in [-0.3, -0.25) is 0 Å². The Labute approximate surface area is 103 Å². The maximum atomic E-state index is 9.73. The first-order valence-corrected chi connectivity index (χ1v) is 7.03. The Bertz CT molecular complexity index is 157. The maximum absolute atomic E-state index is 9.73. The van der Waals surface area contributed by atoms with Crippen LogP contribution in [-0.2, 0) is 0 Å². The molecule has 1 nitrogen and oxygen atoms in total. The van der Waals surface area contributed by atoms with Crippen molar-refractivity contribution in [3.63, 3.8) is 0 Å². The topological polar surface area (TPSA) is 20.2 Å². The Balaban J connectivity index is 3.50. The Hall–Kier alpha value is -0.0400. The van der Waals surface area contributed by atoms with Crippen molar-refractivity contribution in [1.29, 1.82) is 0 Å². The number of aliphatic hydroxyl groups excluding tert-OH is 1. The van der Waals surface area contributed by atoms with Gasteiger partial charge in [-0.05, 0) is 30.6 Å². The molecule has 0 bridgehead atoms. The van der Waals surface area contributed by atoms with Crippen molar-refractivity contribution in [2.45, 2.75) is 85.7 Å². The van der Waals surface area contributed by atoms with E-state index in [0.29, 0.717) is 5.41 Å². The monoisotopic (exact) mass is 228 g/mol. The van der Waals surface area contributed by atoms with E-state index in [2.05, 4.69) is 34.6 Å². The molecule has 0 radical (unpaired) electrons. The smallest absolute Gasteiger partial charge is 0.0540 e. The van der Waals surface area contributed by atoms with Crippen LogP contribution in [0.1, 0.15) is 79.6 Å². The molecule has 0 aliphatic rings. The first-order chi connectivity index (χ1) is 7.35. The zero-order valence-corrected chi connectivity index (χ0v) is 12.1. The summed E-state index contributed by atoms with van der Waals surface area (Å²) < 4.78 is 0. The Kier molecular flexibility index (Phi) is 8.09. The van der Waals surface area contributed by atoms with Gasteiger partial charge in [-0.1, -0.05) is 60.3 Å². The van der Waals surface area contributed by atoms with Crippen LogP contribution < -0.4 is 0 Å². The van der Waals surface area contributed by atoms with E-state index in [0.717, 1.165) is 18.8 Å². The van der Waals surface area contributed by atoms with Crippen LogP contribution in [0.2, 0.25) is 0 Å². The van der Waals surface area contributed by atoms with Crippen LogP contribution in [-0.4, -0.2) is 11.2 Å². The number of unbranched alkanes of at least 4 members (excludes halogenated alkanes) is 1. The second-order valence-electron chi connectivity index (χ2n) is 6.60. The molecule has 0 aromatic carbocycles. The van der Waals surface area contributed by atoms with E-state index in [9.17, 15) is 5.11 Å². The lowest BCUT2D eigenvalue weighted by molar-refractivity contribution is 0.145. The van der Waals surface area contributed by atoms with E-state index >= 15 is 0 Å². The summed E-state index contributed by atoms with van der Waals surface area (Å²) in [5.74, 6) is 0.790. The van der Waals surface area contributed by atoms with Gasteiger partial charge in [0, 0.05) is 0 Å². The fourth-order valence-electron chi connectivity index (χ4n) is 2.43. The molecule has 2 atom stereocenters. The molecule has 0 heterocycles. The van der Waals surface area contributed by atoms with Gasteiger partial charge in [0.25, 0.3) is 0 Å². The van der Waals surface area contributed by atoms with Gasteiger partial charge in [-0.15, -0.1) is 0 Å². The summed E-state index contributed by atoms with van der Waals surface area (Å²) in [6.45, 7) is 11.4. The third kappa shape index (κ3) is 10.5. The first-order valence-electron chi connectivity index (χ1n) is 7.03. The highest BCUT2D eigenvalue weighted by Gasteiger charge is 2.15. The molecule has 0 aliphatic heterocycles. The molecule has 0 amide bonds. The van der Waals surface area contributed by atoms with E-state index in [4.69, 9.17) is 0 Å². The first kappa shape index (κ1) is 16.0. The minimum Gasteiger partial charge on any atom is -0.393 e. The summed E-state index contributed by atoms with van der Waals surface area (Å²) in [4.78, 5) is 0. The number of hydrogen-bond acceptors (Lipinski definition) is 1. The molecule has 1 heteroatoms. The molecule has 0 spiro atoms. The average Bonchev–Trinajstić information content (AvgIpc) is 2.11. The predicted molar refractivity (Wildman–Crippen MR) is 72.6 cm³/mol. The van der Waals surface area contributed by atoms with Gasteiger partial charge in [0.05, 0.1) is 6.10 Å². The van der Waals surface area contributed by atoms with Crippen LogP contribution in [0.3, 0.4) is 0 Å². The quantitative estimate of drug-likeness (QED) is 0.634. The van der Waals surface area contributed by atoms with Gasteiger partial charge in [-0.2, -0.15) is 0 Å². The maximum Gasteiger partial charge on any atom is 0.0540 e. The highest BCUT2D eigenvalue weighted by molar-refractivity contribution is 4.67. The molecule has 0 aromatic heterocycles. The summed E-state index contributed by atoms with van der Waals surface area (Å²) in [6, 6.07) is 0. The van der Waals surface area contributed by atoms with Crippen LogP contribution >= 0.6 is 0 Å². The predicted octanol–water partition coefficient (Wildman–Crippen LogP) is 4.78. The van der Waals surface area contributed by atoms with Crippen molar-refractivity contribution in [3.8, 4) is 0 Å². The van der Waals surface area contributed by atoms with Crippen LogP contribution in [0.4, 0.5) is 0 Å². The zero-order valence-electron chi connectivity index (χ0n) is 12.1. The third-order valence-electron chi connectivity index (χ3n) is 3.09.